The largest absolute Gasteiger partial charge is 0.508 e. The maximum absolute atomic E-state index is 9.71. The number of nitrogens with one attached hydrogen (secondary N) is 1. The standard InChI is InChI=1S/C11H14ClNO/c12-9-1-2-11(14)10(7-9)8-3-5-13-6-4-8/h1-2,7-8,13-14H,3-6H2. The number of halogens is 1. The molecule has 0 saturated carbocycles. The van der Waals surface area contributed by atoms with Crippen LogP contribution in [0.1, 0.15) is 24.3 Å². The molecule has 0 aromatic heterocycles. The van der Waals surface area contributed by atoms with Gasteiger partial charge in [-0.05, 0) is 55.6 Å². The van der Waals surface area contributed by atoms with E-state index < -0.39 is 0 Å². The van der Waals surface area contributed by atoms with E-state index in [-0.39, 0.29) is 0 Å². The number of hydrogen-bond donors (Lipinski definition) is 2. The second kappa shape index (κ2) is 4.20. The number of benzene rings is 1. The Balaban J connectivity index is 2.24. The van der Waals surface area contributed by atoms with Crippen LogP contribution in [0.3, 0.4) is 0 Å². The Kier molecular flexibility index (Phi) is 2.94. The van der Waals surface area contributed by atoms with Crippen LogP contribution in [0.15, 0.2) is 18.2 Å². The van der Waals surface area contributed by atoms with Crippen molar-refractivity contribution in [3.63, 3.8) is 0 Å². The van der Waals surface area contributed by atoms with Crippen molar-refractivity contribution >= 4 is 11.6 Å². The SMILES string of the molecule is Oc1ccc(Cl)cc1C1CCNCC1. The molecule has 0 spiro atoms. The van der Waals surface area contributed by atoms with E-state index in [2.05, 4.69) is 5.32 Å². The summed E-state index contributed by atoms with van der Waals surface area (Å²) in [6.45, 7) is 2.05. The fraction of sp³-hybridized carbons (Fsp3) is 0.455. The molecule has 1 aliphatic heterocycles. The van der Waals surface area contributed by atoms with Gasteiger partial charge in [0.25, 0.3) is 0 Å². The molecule has 0 bridgehead atoms. The van der Waals surface area contributed by atoms with Crippen LogP contribution < -0.4 is 5.32 Å². The Morgan fingerprint density at radius 1 is 1.29 bits per heavy atom. The number of piperidine rings is 1. The summed E-state index contributed by atoms with van der Waals surface area (Å²) in [7, 11) is 0. The van der Waals surface area contributed by atoms with E-state index in [0.717, 1.165) is 31.5 Å². The second-order valence-electron chi connectivity index (χ2n) is 3.73. The van der Waals surface area contributed by atoms with Crippen molar-refractivity contribution in [3.05, 3.63) is 28.8 Å². The lowest BCUT2D eigenvalue weighted by Gasteiger charge is -2.23. The molecular weight excluding hydrogens is 198 g/mol. The fourth-order valence-electron chi connectivity index (χ4n) is 1.99. The van der Waals surface area contributed by atoms with Gasteiger partial charge >= 0.3 is 0 Å². The number of aromatic hydroxyl groups is 1. The molecule has 2 N–H and O–H groups in total. The highest BCUT2D eigenvalue weighted by molar-refractivity contribution is 6.30. The van der Waals surface area contributed by atoms with Crippen LogP contribution in [-0.2, 0) is 0 Å². The first-order valence-electron chi connectivity index (χ1n) is 4.96. The number of hydrogen-bond acceptors (Lipinski definition) is 2. The van der Waals surface area contributed by atoms with E-state index in [1.54, 1.807) is 12.1 Å². The minimum absolute atomic E-state index is 0.376. The molecule has 1 aliphatic rings. The molecule has 0 unspecified atom stereocenters. The highest BCUT2D eigenvalue weighted by atomic mass is 35.5. The quantitative estimate of drug-likeness (QED) is 0.748. The third-order valence-electron chi connectivity index (χ3n) is 2.77. The molecule has 0 radical (unpaired) electrons. The van der Waals surface area contributed by atoms with Crippen LogP contribution in [-0.4, -0.2) is 18.2 Å². The summed E-state index contributed by atoms with van der Waals surface area (Å²) in [6, 6.07) is 5.29. The zero-order chi connectivity index (χ0) is 9.97. The van der Waals surface area contributed by atoms with Gasteiger partial charge in [0.05, 0.1) is 0 Å². The van der Waals surface area contributed by atoms with Gasteiger partial charge in [0.2, 0.25) is 0 Å². The third-order valence-corrected chi connectivity index (χ3v) is 3.00. The molecule has 0 amide bonds. The summed E-state index contributed by atoms with van der Waals surface area (Å²) in [5.74, 6) is 0.830. The molecule has 14 heavy (non-hydrogen) atoms. The predicted octanol–water partition coefficient (Wildman–Crippen LogP) is 2.51. The van der Waals surface area contributed by atoms with Crippen LogP contribution in [0, 0.1) is 0 Å². The lowest BCUT2D eigenvalue weighted by atomic mass is 9.90. The van der Waals surface area contributed by atoms with E-state index in [1.165, 1.54) is 0 Å². The Morgan fingerprint density at radius 3 is 2.71 bits per heavy atom. The van der Waals surface area contributed by atoms with Crippen molar-refractivity contribution in [2.75, 3.05) is 13.1 Å². The Labute approximate surface area is 88.9 Å². The van der Waals surface area contributed by atoms with Gasteiger partial charge < -0.3 is 10.4 Å². The zero-order valence-electron chi connectivity index (χ0n) is 7.96. The van der Waals surface area contributed by atoms with Crippen molar-refractivity contribution in [3.8, 4) is 5.75 Å². The van der Waals surface area contributed by atoms with Crippen molar-refractivity contribution in [2.45, 2.75) is 18.8 Å². The number of rotatable bonds is 1. The summed E-state index contributed by atoms with van der Waals surface area (Å²) < 4.78 is 0. The summed E-state index contributed by atoms with van der Waals surface area (Å²) >= 11 is 5.91. The van der Waals surface area contributed by atoms with Gasteiger partial charge in [-0.25, -0.2) is 0 Å². The molecule has 1 saturated heterocycles. The van der Waals surface area contributed by atoms with Crippen LogP contribution in [0.25, 0.3) is 0 Å². The lowest BCUT2D eigenvalue weighted by Crippen LogP contribution is -2.26. The Bertz CT molecular complexity index is 321. The zero-order valence-corrected chi connectivity index (χ0v) is 8.72. The first-order chi connectivity index (χ1) is 6.77. The molecule has 3 heteroatoms. The smallest absolute Gasteiger partial charge is 0.119 e. The monoisotopic (exact) mass is 211 g/mol. The van der Waals surface area contributed by atoms with Gasteiger partial charge in [-0.1, -0.05) is 11.6 Å². The predicted molar refractivity (Wildman–Crippen MR) is 58.0 cm³/mol. The van der Waals surface area contributed by atoms with Crippen LogP contribution >= 0.6 is 11.6 Å². The molecule has 1 aromatic carbocycles. The number of phenols is 1. The van der Waals surface area contributed by atoms with E-state index >= 15 is 0 Å². The number of phenolic OH excluding ortho intramolecular Hbond substituents is 1. The summed E-state index contributed by atoms with van der Waals surface area (Å²) in [4.78, 5) is 0. The first kappa shape index (κ1) is 9.81. The van der Waals surface area contributed by atoms with Gasteiger partial charge in [0.1, 0.15) is 5.75 Å². The second-order valence-corrected chi connectivity index (χ2v) is 4.16. The molecule has 1 heterocycles. The molecule has 2 rings (SSSR count). The topological polar surface area (TPSA) is 32.3 Å². The molecular formula is C11H14ClNO. The molecule has 1 fully saturated rings. The molecule has 2 nitrogen and oxygen atoms in total. The lowest BCUT2D eigenvalue weighted by molar-refractivity contribution is 0.424. The molecule has 0 atom stereocenters. The third kappa shape index (κ3) is 2.02. The van der Waals surface area contributed by atoms with E-state index in [9.17, 15) is 5.11 Å². The van der Waals surface area contributed by atoms with E-state index in [4.69, 9.17) is 11.6 Å². The Morgan fingerprint density at radius 2 is 2.00 bits per heavy atom. The van der Waals surface area contributed by atoms with Crippen molar-refractivity contribution in [1.82, 2.24) is 5.32 Å². The van der Waals surface area contributed by atoms with Gasteiger partial charge in [-0.3, -0.25) is 0 Å². The first-order valence-corrected chi connectivity index (χ1v) is 5.34. The van der Waals surface area contributed by atoms with Crippen molar-refractivity contribution in [1.29, 1.82) is 0 Å². The van der Waals surface area contributed by atoms with Gasteiger partial charge in [0, 0.05) is 5.02 Å². The fourth-order valence-corrected chi connectivity index (χ4v) is 2.17. The van der Waals surface area contributed by atoms with Gasteiger partial charge in [-0.2, -0.15) is 0 Å². The molecule has 1 aromatic rings. The Hall–Kier alpha value is -0.730. The van der Waals surface area contributed by atoms with Gasteiger partial charge in [-0.15, -0.1) is 0 Å². The normalized spacial score (nSPS) is 18.4. The summed E-state index contributed by atoms with van der Waals surface area (Å²) in [5.41, 5.74) is 0.999. The van der Waals surface area contributed by atoms with Crippen molar-refractivity contribution in [2.24, 2.45) is 0 Å². The highest BCUT2D eigenvalue weighted by Gasteiger charge is 2.18. The van der Waals surface area contributed by atoms with E-state index in [1.807, 2.05) is 6.07 Å². The van der Waals surface area contributed by atoms with Crippen molar-refractivity contribution < 1.29 is 5.11 Å². The average molecular weight is 212 g/mol. The maximum atomic E-state index is 9.71. The van der Waals surface area contributed by atoms with Gasteiger partial charge in [0.15, 0.2) is 0 Å². The van der Waals surface area contributed by atoms with E-state index in [0.29, 0.717) is 16.7 Å². The highest BCUT2D eigenvalue weighted by Crippen LogP contribution is 2.33. The molecule has 76 valence electrons. The minimum Gasteiger partial charge on any atom is -0.508 e. The summed E-state index contributed by atoms with van der Waals surface area (Å²) in [6.07, 6.45) is 2.15. The van der Waals surface area contributed by atoms with Crippen LogP contribution in [0.4, 0.5) is 0 Å². The average Bonchev–Trinajstić information content (AvgIpc) is 2.23. The summed E-state index contributed by atoms with van der Waals surface area (Å²) in [5, 5.41) is 13.7. The van der Waals surface area contributed by atoms with Crippen LogP contribution in [0.5, 0.6) is 5.75 Å². The molecule has 0 aliphatic carbocycles. The van der Waals surface area contributed by atoms with Crippen LogP contribution in [0.2, 0.25) is 5.02 Å². The minimum atomic E-state index is 0.376. The maximum Gasteiger partial charge on any atom is 0.119 e.